The van der Waals surface area contributed by atoms with Crippen LogP contribution in [0.2, 0.25) is 0 Å². The third-order valence-corrected chi connectivity index (χ3v) is 13.0. The van der Waals surface area contributed by atoms with Gasteiger partial charge >= 0.3 is 0 Å². The molecule has 0 aromatic carbocycles. The maximum Gasteiger partial charge on any atom is 0.263 e. The Balaban J connectivity index is 1.46. The highest BCUT2D eigenvalue weighted by atomic mass is 32.1. The highest BCUT2D eigenvalue weighted by molar-refractivity contribution is 7.32. The summed E-state index contributed by atoms with van der Waals surface area (Å²) < 4.78 is 2.87. The number of nitrogens with zero attached hydrogens (tertiary/aromatic N) is 4. The van der Waals surface area contributed by atoms with Gasteiger partial charge in [0.25, 0.3) is 11.4 Å². The van der Waals surface area contributed by atoms with Crippen LogP contribution in [0.4, 0.5) is 0 Å². The van der Waals surface area contributed by atoms with Gasteiger partial charge in [-0.3, -0.25) is 0 Å². The predicted octanol–water partition coefficient (Wildman–Crippen LogP) is 9.96. The molecule has 0 N–H and O–H groups in total. The molecule has 0 atom stereocenters. The van der Waals surface area contributed by atoms with Gasteiger partial charge in [-0.05, 0) is 66.7 Å². The van der Waals surface area contributed by atoms with Crippen molar-refractivity contribution >= 4 is 55.6 Å². The number of hydrogen-bond donors (Lipinski definition) is 0. The van der Waals surface area contributed by atoms with E-state index >= 15 is 0 Å². The second-order valence-corrected chi connectivity index (χ2v) is 14.2. The minimum absolute atomic E-state index is 0.0253. The molecule has 0 unspecified atom stereocenters. The molecule has 2 fully saturated rings. The van der Waals surface area contributed by atoms with Crippen molar-refractivity contribution in [3.8, 4) is 21.9 Å². The summed E-state index contributed by atoms with van der Waals surface area (Å²) in [6.45, 7) is 14.8. The van der Waals surface area contributed by atoms with Crippen LogP contribution in [0.1, 0.15) is 90.7 Å². The van der Waals surface area contributed by atoms with Gasteiger partial charge in [-0.15, -0.1) is 34.0 Å². The SMILES string of the molecule is [C-]#[N+]/C(C#N)=C\c1cc2c(s1)-c1sc3c4c(sc3c1C21CCCCC1)C=C(/C=C(\C#N)[N+]#[C-])C41CCCCC1. The zero-order chi connectivity index (χ0) is 26.8. The van der Waals surface area contributed by atoms with Gasteiger partial charge < -0.3 is 0 Å². The fourth-order valence-electron chi connectivity index (χ4n) is 7.67. The summed E-state index contributed by atoms with van der Waals surface area (Å²) in [5.41, 5.74) is 5.81. The van der Waals surface area contributed by atoms with Crippen LogP contribution in [0.25, 0.3) is 41.0 Å². The summed E-state index contributed by atoms with van der Waals surface area (Å²) >= 11 is 5.62. The second-order valence-electron chi connectivity index (χ2n) is 11.1. The number of allylic oxidation sites excluding steroid dienone is 4. The highest BCUT2D eigenvalue weighted by Gasteiger charge is 2.51. The molecular formula is C32H24N4S3. The predicted molar refractivity (Wildman–Crippen MR) is 160 cm³/mol. The molecule has 0 bridgehead atoms. The molecule has 0 amide bonds. The molecule has 190 valence electrons. The Kier molecular flexibility index (Phi) is 5.70. The third-order valence-electron chi connectivity index (χ3n) is 9.27. The largest absolute Gasteiger partial charge is 0.263 e. The first-order valence-electron chi connectivity index (χ1n) is 13.5. The van der Waals surface area contributed by atoms with Crippen LogP contribution >= 0.6 is 34.0 Å². The lowest BCUT2D eigenvalue weighted by Crippen LogP contribution is -2.28. The van der Waals surface area contributed by atoms with Crippen molar-refractivity contribution in [2.24, 2.45) is 0 Å². The van der Waals surface area contributed by atoms with Gasteiger partial charge in [-0.1, -0.05) is 38.5 Å². The van der Waals surface area contributed by atoms with Crippen LogP contribution in [0, 0.1) is 35.8 Å². The fourth-order valence-corrected chi connectivity index (χ4v) is 12.3. The number of nitriles is 2. The van der Waals surface area contributed by atoms with Gasteiger partial charge in [0.2, 0.25) is 0 Å². The molecule has 7 heteroatoms. The lowest BCUT2D eigenvalue weighted by atomic mass is 9.66. The van der Waals surface area contributed by atoms with Crippen molar-refractivity contribution in [3.05, 3.63) is 78.4 Å². The van der Waals surface area contributed by atoms with Crippen molar-refractivity contribution in [3.63, 3.8) is 0 Å². The normalized spacial score (nSPS) is 20.6. The van der Waals surface area contributed by atoms with Crippen molar-refractivity contribution in [2.75, 3.05) is 0 Å². The highest BCUT2D eigenvalue weighted by Crippen LogP contribution is 2.67. The van der Waals surface area contributed by atoms with E-state index in [1.165, 1.54) is 73.7 Å². The van der Waals surface area contributed by atoms with Crippen LogP contribution in [-0.2, 0) is 10.8 Å². The molecule has 4 aliphatic carbocycles. The fraction of sp³-hybridized carbons (Fsp3) is 0.375. The molecular weight excluding hydrogens is 537 g/mol. The van der Waals surface area contributed by atoms with E-state index in [0.29, 0.717) is 0 Å². The summed E-state index contributed by atoms with van der Waals surface area (Å²) in [5, 5.41) is 18.9. The summed E-state index contributed by atoms with van der Waals surface area (Å²) in [6, 6.07) is 6.39. The number of fused-ring (bicyclic) bond motifs is 10. The first kappa shape index (κ1) is 24.6. The standard InChI is InChI=1S/C32H24N4S3/c1-35-20(17-33)13-19-14-24-25(31(19)9-5-3-6-10-31)28-30(38-24)26-29(39-28)27-23(32(26)11-7-4-8-12-32)16-22(37-27)15-21(18-34)36-2/h13-16H,3-12H2/b20-13+,21-15-. The summed E-state index contributed by atoms with van der Waals surface area (Å²) in [5.74, 6) is 0. The first-order chi connectivity index (χ1) is 19.1. The minimum atomic E-state index is -0.0968. The monoisotopic (exact) mass is 560 g/mol. The Bertz CT molecular complexity index is 1780. The van der Waals surface area contributed by atoms with Gasteiger partial charge in [0.05, 0.1) is 39.6 Å². The topological polar surface area (TPSA) is 56.3 Å². The zero-order valence-electron chi connectivity index (χ0n) is 21.4. The molecule has 39 heavy (non-hydrogen) atoms. The Hall–Kier alpha value is -3.46. The van der Waals surface area contributed by atoms with Gasteiger partial charge in [-0.25, -0.2) is 20.2 Å². The molecule has 3 heterocycles. The molecule has 7 rings (SSSR count). The Morgan fingerprint density at radius 1 is 0.769 bits per heavy atom. The third kappa shape index (κ3) is 3.35. The van der Waals surface area contributed by atoms with Crippen LogP contribution in [0.3, 0.4) is 0 Å². The van der Waals surface area contributed by atoms with Gasteiger partial charge in [-0.2, -0.15) is 0 Å². The maximum absolute atomic E-state index is 9.52. The van der Waals surface area contributed by atoms with Crippen LogP contribution in [-0.4, -0.2) is 0 Å². The van der Waals surface area contributed by atoms with Crippen LogP contribution in [0.15, 0.2) is 29.1 Å². The molecule has 3 aromatic heterocycles. The average molecular weight is 561 g/mol. The first-order valence-corrected chi connectivity index (χ1v) is 16.0. The molecule has 0 aliphatic heterocycles. The van der Waals surface area contributed by atoms with E-state index in [1.54, 1.807) is 23.0 Å². The van der Waals surface area contributed by atoms with E-state index in [4.69, 9.17) is 13.1 Å². The van der Waals surface area contributed by atoms with Gasteiger partial charge in [0.15, 0.2) is 0 Å². The summed E-state index contributed by atoms with van der Waals surface area (Å²) in [6.07, 6.45) is 17.7. The van der Waals surface area contributed by atoms with Crippen molar-refractivity contribution < 1.29 is 0 Å². The van der Waals surface area contributed by atoms with Gasteiger partial charge in [0, 0.05) is 31.0 Å². The van der Waals surface area contributed by atoms with E-state index < -0.39 is 0 Å². The van der Waals surface area contributed by atoms with Crippen molar-refractivity contribution in [2.45, 2.75) is 75.0 Å². The molecule has 0 saturated heterocycles. The van der Waals surface area contributed by atoms with Crippen molar-refractivity contribution in [1.29, 1.82) is 10.5 Å². The van der Waals surface area contributed by atoms with Crippen LogP contribution in [0.5, 0.6) is 0 Å². The Morgan fingerprint density at radius 2 is 1.38 bits per heavy atom. The molecule has 4 nitrogen and oxygen atoms in total. The number of hydrogen-bond acceptors (Lipinski definition) is 5. The molecule has 3 aromatic rings. The van der Waals surface area contributed by atoms with E-state index in [0.717, 1.165) is 36.1 Å². The molecule has 2 spiro atoms. The lowest BCUT2D eigenvalue weighted by Gasteiger charge is -2.36. The van der Waals surface area contributed by atoms with E-state index in [2.05, 4.69) is 27.9 Å². The quantitative estimate of drug-likeness (QED) is 0.231. The van der Waals surface area contributed by atoms with E-state index in [1.807, 2.05) is 34.8 Å². The lowest BCUT2D eigenvalue weighted by molar-refractivity contribution is 0.353. The summed E-state index contributed by atoms with van der Waals surface area (Å²) in [4.78, 5) is 12.0. The number of rotatable bonds is 2. The zero-order valence-corrected chi connectivity index (χ0v) is 23.8. The van der Waals surface area contributed by atoms with E-state index in [9.17, 15) is 10.5 Å². The molecule has 0 radical (unpaired) electrons. The van der Waals surface area contributed by atoms with Crippen molar-refractivity contribution in [1.82, 2.24) is 0 Å². The summed E-state index contributed by atoms with van der Waals surface area (Å²) in [7, 11) is 0. The Labute approximate surface area is 240 Å². The van der Waals surface area contributed by atoms with Crippen LogP contribution < -0.4 is 0 Å². The number of thiophene rings is 3. The minimum Gasteiger partial charge on any atom is -0.227 e. The smallest absolute Gasteiger partial charge is 0.227 e. The average Bonchev–Trinajstić information content (AvgIpc) is 3.73. The molecule has 4 aliphatic rings. The van der Waals surface area contributed by atoms with Gasteiger partial charge in [0.1, 0.15) is 0 Å². The molecule has 2 saturated carbocycles. The second kappa shape index (κ2) is 9.05. The Morgan fingerprint density at radius 3 is 2.03 bits per heavy atom. The maximum atomic E-state index is 9.52. The van der Waals surface area contributed by atoms with E-state index in [-0.39, 0.29) is 22.2 Å².